The Balaban J connectivity index is 0.000000413. The SMILES string of the molecule is CCN1CCN(CCOc2ccc(F)cc2)CC1.O=C(O)C(=O)O. The Kier molecular flexibility index (Phi) is 8.74. The zero-order valence-electron chi connectivity index (χ0n) is 13.7. The molecule has 1 aromatic rings. The minimum atomic E-state index is -1.82. The number of hydrogen-bond donors (Lipinski definition) is 2. The molecule has 7 nitrogen and oxygen atoms in total. The van der Waals surface area contributed by atoms with Crippen molar-refractivity contribution in [3.8, 4) is 5.75 Å². The van der Waals surface area contributed by atoms with Gasteiger partial charge in [-0.05, 0) is 30.8 Å². The zero-order chi connectivity index (χ0) is 17.9. The van der Waals surface area contributed by atoms with Crippen molar-refractivity contribution in [2.24, 2.45) is 0 Å². The number of carbonyl (C=O) groups is 2. The molecule has 2 rings (SSSR count). The number of carboxylic acids is 2. The van der Waals surface area contributed by atoms with Gasteiger partial charge in [-0.1, -0.05) is 6.92 Å². The number of hydrogen-bond acceptors (Lipinski definition) is 5. The van der Waals surface area contributed by atoms with Crippen LogP contribution in [0.25, 0.3) is 0 Å². The predicted octanol–water partition coefficient (Wildman–Crippen LogP) is 0.998. The molecule has 1 aromatic carbocycles. The highest BCUT2D eigenvalue weighted by molar-refractivity contribution is 6.27. The third-order valence-electron chi connectivity index (χ3n) is 3.58. The number of halogens is 1. The number of aliphatic carboxylic acids is 2. The molecule has 1 aliphatic rings. The van der Waals surface area contributed by atoms with Gasteiger partial charge < -0.3 is 19.8 Å². The number of nitrogens with zero attached hydrogens (tertiary/aromatic N) is 2. The number of carboxylic acid groups (broad SMARTS) is 2. The number of likely N-dealkylation sites (N-methyl/N-ethyl adjacent to an activating group) is 1. The molecule has 1 fully saturated rings. The maximum atomic E-state index is 12.7. The molecular formula is C16H23FN2O5. The molecule has 0 amide bonds. The fourth-order valence-electron chi connectivity index (χ4n) is 2.15. The van der Waals surface area contributed by atoms with E-state index >= 15 is 0 Å². The van der Waals surface area contributed by atoms with Gasteiger partial charge in [-0.3, -0.25) is 4.90 Å². The van der Waals surface area contributed by atoms with Crippen LogP contribution in [0.15, 0.2) is 24.3 Å². The molecule has 24 heavy (non-hydrogen) atoms. The number of ether oxygens (including phenoxy) is 1. The summed E-state index contributed by atoms with van der Waals surface area (Å²) >= 11 is 0. The minimum Gasteiger partial charge on any atom is -0.492 e. The van der Waals surface area contributed by atoms with Gasteiger partial charge in [0.15, 0.2) is 0 Å². The van der Waals surface area contributed by atoms with Crippen LogP contribution in [0.2, 0.25) is 0 Å². The van der Waals surface area contributed by atoms with E-state index in [1.165, 1.54) is 12.1 Å². The van der Waals surface area contributed by atoms with Crippen LogP contribution in [0.3, 0.4) is 0 Å². The monoisotopic (exact) mass is 342 g/mol. The fraction of sp³-hybridized carbons (Fsp3) is 0.500. The van der Waals surface area contributed by atoms with E-state index in [1.54, 1.807) is 12.1 Å². The molecule has 0 radical (unpaired) electrons. The Labute approximate surface area is 140 Å². The molecule has 0 bridgehead atoms. The molecule has 0 aliphatic carbocycles. The third kappa shape index (κ3) is 7.89. The molecule has 1 aliphatic heterocycles. The molecule has 0 saturated carbocycles. The lowest BCUT2D eigenvalue weighted by molar-refractivity contribution is -0.159. The van der Waals surface area contributed by atoms with Gasteiger partial charge in [0.2, 0.25) is 0 Å². The average Bonchev–Trinajstić information content (AvgIpc) is 2.58. The van der Waals surface area contributed by atoms with Crippen molar-refractivity contribution in [1.29, 1.82) is 0 Å². The van der Waals surface area contributed by atoms with Gasteiger partial charge in [-0.15, -0.1) is 0 Å². The maximum Gasteiger partial charge on any atom is 0.414 e. The Hall–Kier alpha value is -2.19. The first kappa shape index (κ1) is 19.9. The highest BCUT2D eigenvalue weighted by Crippen LogP contribution is 2.11. The number of benzene rings is 1. The topological polar surface area (TPSA) is 90.3 Å². The molecule has 0 spiro atoms. The van der Waals surface area contributed by atoms with E-state index in [0.29, 0.717) is 6.61 Å². The summed E-state index contributed by atoms with van der Waals surface area (Å²) < 4.78 is 18.3. The molecule has 1 saturated heterocycles. The summed E-state index contributed by atoms with van der Waals surface area (Å²) in [5.41, 5.74) is 0. The first-order chi connectivity index (χ1) is 11.4. The summed E-state index contributed by atoms with van der Waals surface area (Å²) in [5, 5.41) is 14.8. The molecule has 134 valence electrons. The average molecular weight is 342 g/mol. The lowest BCUT2D eigenvalue weighted by atomic mass is 10.3. The van der Waals surface area contributed by atoms with Crippen molar-refractivity contribution in [3.63, 3.8) is 0 Å². The number of piperazine rings is 1. The van der Waals surface area contributed by atoms with Crippen molar-refractivity contribution in [2.45, 2.75) is 6.92 Å². The van der Waals surface area contributed by atoms with Crippen molar-refractivity contribution < 1.29 is 28.9 Å². The Morgan fingerprint density at radius 1 is 1.04 bits per heavy atom. The largest absolute Gasteiger partial charge is 0.492 e. The van der Waals surface area contributed by atoms with Crippen molar-refractivity contribution in [2.75, 3.05) is 45.9 Å². The molecule has 8 heteroatoms. The maximum absolute atomic E-state index is 12.7. The van der Waals surface area contributed by atoms with E-state index in [9.17, 15) is 4.39 Å². The van der Waals surface area contributed by atoms with Crippen molar-refractivity contribution >= 4 is 11.9 Å². The van der Waals surface area contributed by atoms with E-state index < -0.39 is 11.9 Å². The van der Waals surface area contributed by atoms with Crippen LogP contribution in [0.4, 0.5) is 4.39 Å². The number of rotatable bonds is 5. The molecule has 0 atom stereocenters. The van der Waals surface area contributed by atoms with Crippen LogP contribution in [0, 0.1) is 5.82 Å². The second kappa shape index (κ2) is 10.6. The van der Waals surface area contributed by atoms with Crippen LogP contribution in [0.5, 0.6) is 5.75 Å². The zero-order valence-corrected chi connectivity index (χ0v) is 13.7. The molecule has 0 unspecified atom stereocenters. The van der Waals surface area contributed by atoms with Crippen LogP contribution in [0.1, 0.15) is 6.92 Å². The van der Waals surface area contributed by atoms with E-state index in [2.05, 4.69) is 16.7 Å². The van der Waals surface area contributed by atoms with Gasteiger partial charge in [-0.25, -0.2) is 14.0 Å². The first-order valence-corrected chi connectivity index (χ1v) is 7.71. The van der Waals surface area contributed by atoms with Crippen LogP contribution in [-0.2, 0) is 9.59 Å². The van der Waals surface area contributed by atoms with Crippen molar-refractivity contribution in [3.05, 3.63) is 30.1 Å². The Morgan fingerprint density at radius 3 is 2.00 bits per heavy atom. The quantitative estimate of drug-likeness (QED) is 0.772. The van der Waals surface area contributed by atoms with E-state index in [4.69, 9.17) is 24.5 Å². The van der Waals surface area contributed by atoms with Gasteiger partial charge in [0.1, 0.15) is 18.2 Å². The highest BCUT2D eigenvalue weighted by Gasteiger charge is 2.14. The van der Waals surface area contributed by atoms with Gasteiger partial charge in [0.05, 0.1) is 0 Å². The Morgan fingerprint density at radius 2 is 1.54 bits per heavy atom. The van der Waals surface area contributed by atoms with Crippen molar-refractivity contribution in [1.82, 2.24) is 9.80 Å². The van der Waals surface area contributed by atoms with Gasteiger partial charge >= 0.3 is 11.9 Å². The normalized spacial score (nSPS) is 15.2. The summed E-state index contributed by atoms with van der Waals surface area (Å²) in [4.78, 5) is 23.1. The minimum absolute atomic E-state index is 0.224. The third-order valence-corrected chi connectivity index (χ3v) is 3.58. The fourth-order valence-corrected chi connectivity index (χ4v) is 2.15. The standard InChI is InChI=1S/C14H21FN2O.C2H2O4/c1-2-16-7-9-17(10-8-16)11-12-18-14-5-3-13(15)4-6-14;3-1(4)2(5)6/h3-6H,2,7-12H2,1H3;(H,3,4)(H,5,6). The Bertz CT molecular complexity index is 504. The van der Waals surface area contributed by atoms with E-state index in [-0.39, 0.29) is 5.82 Å². The van der Waals surface area contributed by atoms with Crippen LogP contribution >= 0.6 is 0 Å². The molecule has 1 heterocycles. The summed E-state index contributed by atoms with van der Waals surface area (Å²) in [6.45, 7) is 9.46. The molecule has 0 aromatic heterocycles. The second-order valence-electron chi connectivity index (χ2n) is 5.19. The molecular weight excluding hydrogens is 319 g/mol. The summed E-state index contributed by atoms with van der Waals surface area (Å²) in [7, 11) is 0. The van der Waals surface area contributed by atoms with Gasteiger partial charge in [0.25, 0.3) is 0 Å². The van der Waals surface area contributed by atoms with Crippen LogP contribution in [-0.4, -0.2) is 77.8 Å². The van der Waals surface area contributed by atoms with Gasteiger partial charge in [0, 0.05) is 32.7 Å². The molecule has 2 N–H and O–H groups in total. The van der Waals surface area contributed by atoms with Gasteiger partial charge in [-0.2, -0.15) is 0 Å². The first-order valence-electron chi connectivity index (χ1n) is 7.71. The summed E-state index contributed by atoms with van der Waals surface area (Å²) in [5.74, 6) is -3.13. The lowest BCUT2D eigenvalue weighted by Gasteiger charge is -2.33. The smallest absolute Gasteiger partial charge is 0.414 e. The lowest BCUT2D eigenvalue weighted by Crippen LogP contribution is -2.47. The second-order valence-corrected chi connectivity index (χ2v) is 5.19. The van der Waals surface area contributed by atoms with Crippen LogP contribution < -0.4 is 4.74 Å². The van der Waals surface area contributed by atoms with E-state index in [0.717, 1.165) is 45.0 Å². The summed E-state index contributed by atoms with van der Waals surface area (Å²) in [6.07, 6.45) is 0. The highest BCUT2D eigenvalue weighted by atomic mass is 19.1. The summed E-state index contributed by atoms with van der Waals surface area (Å²) in [6, 6.07) is 6.19. The predicted molar refractivity (Wildman–Crippen MR) is 85.7 cm³/mol. The van der Waals surface area contributed by atoms with E-state index in [1.807, 2.05) is 0 Å².